The van der Waals surface area contributed by atoms with Crippen molar-refractivity contribution in [1.82, 2.24) is 30.4 Å². The predicted octanol–water partition coefficient (Wildman–Crippen LogP) is -1.20. The van der Waals surface area contributed by atoms with Crippen molar-refractivity contribution in [3.63, 3.8) is 0 Å². The Morgan fingerprint density at radius 1 is 1.36 bits per heavy atom. The van der Waals surface area contributed by atoms with Crippen LogP contribution >= 0.6 is 12.4 Å². The van der Waals surface area contributed by atoms with Gasteiger partial charge in [-0.1, -0.05) is 0 Å². The Kier molecular flexibility index (Phi) is 7.19. The predicted molar refractivity (Wildman–Crippen MR) is 81.0 cm³/mol. The Morgan fingerprint density at radius 2 is 2.14 bits per heavy atom. The lowest BCUT2D eigenvalue weighted by atomic mass is 10.0. The Morgan fingerprint density at radius 3 is 2.77 bits per heavy atom. The van der Waals surface area contributed by atoms with E-state index in [9.17, 15) is 9.59 Å². The highest BCUT2D eigenvalue weighted by atomic mass is 35.5. The number of hydrogen-bond donors (Lipinski definition) is 2. The number of carbonyl (C=O) groups is 2. The number of halogens is 1. The molecule has 0 bridgehead atoms. The number of rotatable bonds is 4. The molecule has 2 heterocycles. The summed E-state index contributed by atoms with van der Waals surface area (Å²) in [7, 11) is 0. The molecular formula is C12H22ClN7O2. The van der Waals surface area contributed by atoms with E-state index in [1.807, 2.05) is 0 Å². The first-order valence-corrected chi connectivity index (χ1v) is 7.06. The van der Waals surface area contributed by atoms with E-state index in [-0.39, 0.29) is 36.2 Å². The Labute approximate surface area is 135 Å². The van der Waals surface area contributed by atoms with Gasteiger partial charge in [-0.15, -0.1) is 17.5 Å². The maximum Gasteiger partial charge on any atom is 0.224 e. The van der Waals surface area contributed by atoms with Crippen molar-refractivity contribution in [2.24, 2.45) is 11.7 Å². The third-order valence-corrected chi connectivity index (χ3v) is 3.63. The molecule has 2 atom stereocenters. The van der Waals surface area contributed by atoms with E-state index in [2.05, 4.69) is 20.8 Å². The van der Waals surface area contributed by atoms with E-state index >= 15 is 0 Å². The van der Waals surface area contributed by atoms with Gasteiger partial charge in [0.05, 0.1) is 12.5 Å². The fourth-order valence-electron chi connectivity index (χ4n) is 2.41. The lowest BCUT2D eigenvalue weighted by Crippen LogP contribution is -2.42. The van der Waals surface area contributed by atoms with Gasteiger partial charge in [0.1, 0.15) is 6.33 Å². The summed E-state index contributed by atoms with van der Waals surface area (Å²) in [4.78, 5) is 25.4. The van der Waals surface area contributed by atoms with E-state index < -0.39 is 0 Å². The lowest BCUT2D eigenvalue weighted by Gasteiger charge is -2.23. The zero-order chi connectivity index (χ0) is 15.2. The number of tetrazole rings is 1. The van der Waals surface area contributed by atoms with Gasteiger partial charge in [0.25, 0.3) is 0 Å². The third kappa shape index (κ3) is 5.23. The molecule has 9 nitrogen and oxygen atoms in total. The van der Waals surface area contributed by atoms with Gasteiger partial charge in [0.15, 0.2) is 0 Å². The monoisotopic (exact) mass is 331 g/mol. The molecule has 0 spiro atoms. The van der Waals surface area contributed by atoms with Crippen molar-refractivity contribution in [3.05, 3.63) is 6.33 Å². The average molecular weight is 332 g/mol. The average Bonchev–Trinajstić information content (AvgIpc) is 2.86. The second-order valence-corrected chi connectivity index (χ2v) is 5.32. The van der Waals surface area contributed by atoms with Gasteiger partial charge < -0.3 is 16.0 Å². The minimum Gasteiger partial charge on any atom is -0.354 e. The van der Waals surface area contributed by atoms with Crippen LogP contribution in [0.5, 0.6) is 0 Å². The second kappa shape index (κ2) is 8.64. The van der Waals surface area contributed by atoms with E-state index in [1.54, 1.807) is 9.58 Å². The molecular weight excluding hydrogens is 310 g/mol. The summed E-state index contributed by atoms with van der Waals surface area (Å²) in [5, 5.41) is 13.6. The van der Waals surface area contributed by atoms with Crippen LogP contribution in [0.1, 0.15) is 19.8 Å². The quantitative estimate of drug-likeness (QED) is 0.715. The minimum absolute atomic E-state index is 0. The van der Waals surface area contributed by atoms with E-state index in [1.165, 1.54) is 13.3 Å². The number of aromatic nitrogens is 4. The van der Waals surface area contributed by atoms with Gasteiger partial charge >= 0.3 is 0 Å². The van der Waals surface area contributed by atoms with Gasteiger partial charge in [-0.3, -0.25) is 9.59 Å². The second-order valence-electron chi connectivity index (χ2n) is 5.32. The van der Waals surface area contributed by atoms with E-state index in [4.69, 9.17) is 5.73 Å². The number of likely N-dealkylation sites (tertiary alicyclic amines) is 1. The van der Waals surface area contributed by atoms with Crippen LogP contribution in [-0.2, 0) is 16.1 Å². The third-order valence-electron chi connectivity index (χ3n) is 3.63. The Balaban J connectivity index is 0.00000242. The first-order chi connectivity index (χ1) is 10.1. The molecule has 1 fully saturated rings. The van der Waals surface area contributed by atoms with Crippen molar-refractivity contribution in [3.8, 4) is 0 Å². The number of amides is 2. The number of hydrogen-bond acceptors (Lipinski definition) is 6. The standard InChI is InChI=1S/C12H21N7O2.ClH/c1-9(20)18-6-10(2-3-11(13)7-18)12(21)14-4-5-19-8-15-16-17-19;/h8,10-11H,2-7,13H2,1H3,(H,14,21);1H/t10-,11+;/m1./s1. The molecule has 1 aromatic rings. The maximum absolute atomic E-state index is 12.2. The maximum atomic E-state index is 12.2. The number of nitrogens with zero attached hydrogens (tertiary/aromatic N) is 5. The summed E-state index contributed by atoms with van der Waals surface area (Å²) in [6.07, 6.45) is 2.94. The van der Waals surface area contributed by atoms with Crippen LogP contribution in [0.3, 0.4) is 0 Å². The molecule has 2 amide bonds. The van der Waals surface area contributed by atoms with Crippen molar-refractivity contribution < 1.29 is 9.59 Å². The van der Waals surface area contributed by atoms with Gasteiger partial charge in [-0.2, -0.15) is 0 Å². The van der Waals surface area contributed by atoms with Crippen LogP contribution < -0.4 is 11.1 Å². The first kappa shape index (κ1) is 18.3. The van der Waals surface area contributed by atoms with Gasteiger partial charge in [-0.05, 0) is 23.3 Å². The fourth-order valence-corrected chi connectivity index (χ4v) is 2.41. The molecule has 1 aliphatic heterocycles. The van der Waals surface area contributed by atoms with Crippen LogP contribution in [0.15, 0.2) is 6.33 Å². The molecule has 1 aromatic heterocycles. The number of carbonyl (C=O) groups excluding carboxylic acids is 2. The fraction of sp³-hybridized carbons (Fsp3) is 0.750. The molecule has 0 saturated carbocycles. The molecule has 124 valence electrons. The Bertz CT molecular complexity index is 482. The molecule has 1 aliphatic rings. The highest BCUT2D eigenvalue weighted by Crippen LogP contribution is 2.16. The molecule has 0 aromatic carbocycles. The van der Waals surface area contributed by atoms with Crippen LogP contribution in [0.4, 0.5) is 0 Å². The van der Waals surface area contributed by atoms with Gasteiger partial charge in [0.2, 0.25) is 11.8 Å². The molecule has 0 aliphatic carbocycles. The molecule has 3 N–H and O–H groups in total. The molecule has 1 saturated heterocycles. The van der Waals surface area contributed by atoms with Crippen molar-refractivity contribution in [2.75, 3.05) is 19.6 Å². The molecule has 10 heteroatoms. The normalized spacial score (nSPS) is 21.6. The zero-order valence-corrected chi connectivity index (χ0v) is 13.3. The SMILES string of the molecule is CC(=O)N1C[C@@H](N)CC[C@@H](C(=O)NCCn2cnnn2)C1.Cl. The van der Waals surface area contributed by atoms with Crippen molar-refractivity contribution >= 4 is 24.2 Å². The molecule has 0 unspecified atom stereocenters. The summed E-state index contributed by atoms with van der Waals surface area (Å²) in [6, 6.07) is -0.0621. The molecule has 22 heavy (non-hydrogen) atoms. The van der Waals surface area contributed by atoms with Crippen molar-refractivity contribution in [2.45, 2.75) is 32.4 Å². The Hall–Kier alpha value is -1.74. The van der Waals surface area contributed by atoms with Crippen LogP contribution in [0.25, 0.3) is 0 Å². The summed E-state index contributed by atoms with van der Waals surface area (Å²) in [5.41, 5.74) is 5.94. The lowest BCUT2D eigenvalue weighted by molar-refractivity contribution is -0.131. The summed E-state index contributed by atoms with van der Waals surface area (Å²) >= 11 is 0. The highest BCUT2D eigenvalue weighted by molar-refractivity contribution is 5.85. The molecule has 2 rings (SSSR count). The molecule has 0 radical (unpaired) electrons. The first-order valence-electron chi connectivity index (χ1n) is 7.06. The summed E-state index contributed by atoms with van der Waals surface area (Å²) in [5.74, 6) is -0.307. The topological polar surface area (TPSA) is 119 Å². The van der Waals surface area contributed by atoms with Gasteiger partial charge in [0, 0.05) is 32.6 Å². The summed E-state index contributed by atoms with van der Waals surface area (Å²) < 4.78 is 1.55. The van der Waals surface area contributed by atoms with Crippen molar-refractivity contribution in [1.29, 1.82) is 0 Å². The van der Waals surface area contributed by atoms with E-state index in [0.29, 0.717) is 32.6 Å². The minimum atomic E-state index is -0.212. The van der Waals surface area contributed by atoms with Crippen LogP contribution in [0, 0.1) is 5.92 Å². The number of nitrogens with one attached hydrogen (secondary N) is 1. The van der Waals surface area contributed by atoms with E-state index in [0.717, 1.165) is 6.42 Å². The van der Waals surface area contributed by atoms with Crippen LogP contribution in [-0.4, -0.2) is 62.6 Å². The van der Waals surface area contributed by atoms with Gasteiger partial charge in [-0.25, -0.2) is 4.68 Å². The highest BCUT2D eigenvalue weighted by Gasteiger charge is 2.27. The largest absolute Gasteiger partial charge is 0.354 e. The van der Waals surface area contributed by atoms with Crippen LogP contribution in [0.2, 0.25) is 0 Å². The smallest absolute Gasteiger partial charge is 0.224 e. The zero-order valence-electron chi connectivity index (χ0n) is 12.5. The number of nitrogens with two attached hydrogens (primary N) is 1. The summed E-state index contributed by atoms with van der Waals surface area (Å²) in [6.45, 7) is 3.42.